The zero-order valence-corrected chi connectivity index (χ0v) is 16.1. The fourth-order valence-electron chi connectivity index (χ4n) is 3.25. The summed E-state index contributed by atoms with van der Waals surface area (Å²) in [7, 11) is -1.43. The molecule has 0 spiro atoms. The van der Waals surface area contributed by atoms with E-state index in [1.165, 1.54) is 10.6 Å². The van der Waals surface area contributed by atoms with E-state index < -0.39 is 10.0 Å². The number of likely N-dealkylation sites (N-methyl/N-ethyl adjacent to an activating group) is 1. The molecule has 8 heteroatoms. The van der Waals surface area contributed by atoms with Crippen LogP contribution in [-0.2, 0) is 21.2 Å². The van der Waals surface area contributed by atoms with Gasteiger partial charge in [0.25, 0.3) is 0 Å². The smallest absolute Gasteiger partial charge is 0.237 e. The van der Waals surface area contributed by atoms with Crippen molar-refractivity contribution in [2.24, 2.45) is 0 Å². The van der Waals surface area contributed by atoms with Gasteiger partial charge in [0.05, 0.1) is 12.8 Å². The Morgan fingerprint density at radius 1 is 1.19 bits per heavy atom. The van der Waals surface area contributed by atoms with E-state index in [2.05, 4.69) is 9.88 Å². The van der Waals surface area contributed by atoms with Gasteiger partial charge in [-0.25, -0.2) is 8.42 Å². The highest BCUT2D eigenvalue weighted by atomic mass is 32.2. The van der Waals surface area contributed by atoms with Crippen LogP contribution in [0.1, 0.15) is 5.56 Å². The maximum Gasteiger partial charge on any atom is 0.237 e. The molecule has 1 fully saturated rings. The minimum atomic E-state index is -3.45. The largest absolute Gasteiger partial charge is 0.361 e. The summed E-state index contributed by atoms with van der Waals surface area (Å²) in [6.07, 6.45) is 3.64. The van der Waals surface area contributed by atoms with E-state index in [1.807, 2.05) is 37.5 Å². The van der Waals surface area contributed by atoms with Gasteiger partial charge in [-0.05, 0) is 25.1 Å². The number of carbonyl (C=O) groups is 1. The van der Waals surface area contributed by atoms with Crippen LogP contribution in [-0.4, -0.2) is 86.0 Å². The van der Waals surface area contributed by atoms with Crippen LogP contribution in [0.3, 0.4) is 0 Å². The normalized spacial score (nSPS) is 16.5. The molecule has 2 aromatic rings. The lowest BCUT2D eigenvalue weighted by Crippen LogP contribution is -2.50. The number of piperazine rings is 1. The van der Waals surface area contributed by atoms with Crippen LogP contribution in [0.5, 0.6) is 0 Å². The Balaban J connectivity index is 1.66. The van der Waals surface area contributed by atoms with Crippen molar-refractivity contribution in [3.8, 4) is 0 Å². The van der Waals surface area contributed by atoms with Crippen molar-refractivity contribution < 1.29 is 13.2 Å². The first-order chi connectivity index (χ1) is 12.3. The van der Waals surface area contributed by atoms with Crippen LogP contribution in [0.2, 0.25) is 0 Å². The van der Waals surface area contributed by atoms with Crippen molar-refractivity contribution in [1.82, 2.24) is 19.1 Å². The SMILES string of the molecule is CN1CCN(C(=O)CN(CCc2c[nH]c3ccccc23)S(C)(=O)=O)CC1. The van der Waals surface area contributed by atoms with E-state index in [9.17, 15) is 13.2 Å². The van der Waals surface area contributed by atoms with Crippen molar-refractivity contribution in [3.05, 3.63) is 36.0 Å². The Hall–Kier alpha value is -1.90. The summed E-state index contributed by atoms with van der Waals surface area (Å²) in [4.78, 5) is 19.6. The first-order valence-electron chi connectivity index (χ1n) is 8.81. The van der Waals surface area contributed by atoms with Crippen molar-refractivity contribution in [2.75, 3.05) is 52.6 Å². The van der Waals surface area contributed by atoms with E-state index in [-0.39, 0.29) is 12.5 Å². The van der Waals surface area contributed by atoms with Gasteiger partial charge in [0.15, 0.2) is 0 Å². The highest BCUT2D eigenvalue weighted by Crippen LogP contribution is 2.18. The first-order valence-corrected chi connectivity index (χ1v) is 10.7. The topological polar surface area (TPSA) is 76.7 Å². The number of amides is 1. The van der Waals surface area contributed by atoms with E-state index >= 15 is 0 Å². The summed E-state index contributed by atoms with van der Waals surface area (Å²) in [6.45, 7) is 3.13. The maximum atomic E-state index is 12.5. The molecule has 3 rings (SSSR count). The summed E-state index contributed by atoms with van der Waals surface area (Å²) < 4.78 is 25.6. The molecule has 1 saturated heterocycles. The molecule has 2 heterocycles. The standard InChI is InChI=1S/C18H26N4O3S/c1-20-9-11-21(12-10-20)18(23)14-22(26(2,24)25)8-7-15-13-19-17-6-4-3-5-16(15)17/h3-6,13,19H,7-12,14H2,1-2H3. The molecule has 1 N–H and O–H groups in total. The van der Waals surface area contributed by atoms with E-state index in [0.29, 0.717) is 26.1 Å². The van der Waals surface area contributed by atoms with E-state index in [4.69, 9.17) is 0 Å². The van der Waals surface area contributed by atoms with E-state index in [0.717, 1.165) is 29.6 Å². The van der Waals surface area contributed by atoms with Gasteiger partial charge in [-0.2, -0.15) is 4.31 Å². The number of hydrogen-bond acceptors (Lipinski definition) is 4. The van der Waals surface area contributed by atoms with Gasteiger partial charge in [0, 0.05) is 49.8 Å². The van der Waals surface area contributed by atoms with Crippen molar-refractivity contribution >= 4 is 26.8 Å². The molecular weight excluding hydrogens is 352 g/mol. The van der Waals surface area contributed by atoms with Crippen LogP contribution in [0, 0.1) is 0 Å². The third-order valence-corrected chi connectivity index (χ3v) is 6.19. The third kappa shape index (κ3) is 4.44. The lowest BCUT2D eigenvalue weighted by atomic mass is 10.1. The fourth-order valence-corrected chi connectivity index (χ4v) is 4.02. The number of benzene rings is 1. The number of fused-ring (bicyclic) bond motifs is 1. The molecule has 0 radical (unpaired) electrons. The zero-order chi connectivity index (χ0) is 18.7. The molecule has 1 aromatic heterocycles. The number of para-hydroxylation sites is 1. The number of aromatic amines is 1. The molecule has 142 valence electrons. The Bertz CT molecular complexity index is 869. The van der Waals surface area contributed by atoms with Gasteiger partial charge >= 0.3 is 0 Å². The van der Waals surface area contributed by atoms with Gasteiger partial charge in [-0.15, -0.1) is 0 Å². The molecule has 1 amide bonds. The van der Waals surface area contributed by atoms with Crippen LogP contribution in [0.25, 0.3) is 10.9 Å². The predicted octanol–water partition coefficient (Wildman–Crippen LogP) is 0.746. The first kappa shape index (κ1) is 18.9. The molecule has 26 heavy (non-hydrogen) atoms. The second-order valence-electron chi connectivity index (χ2n) is 6.89. The molecule has 1 aliphatic heterocycles. The Morgan fingerprint density at radius 3 is 2.58 bits per heavy atom. The van der Waals surface area contributed by atoms with Crippen LogP contribution in [0.15, 0.2) is 30.5 Å². The predicted molar refractivity (Wildman–Crippen MR) is 102 cm³/mol. The van der Waals surface area contributed by atoms with Gasteiger partial charge in [-0.1, -0.05) is 18.2 Å². The zero-order valence-electron chi connectivity index (χ0n) is 15.3. The Labute approximate surface area is 154 Å². The molecule has 0 saturated carbocycles. The molecule has 1 aliphatic rings. The lowest BCUT2D eigenvalue weighted by Gasteiger charge is -2.33. The molecule has 1 aromatic carbocycles. The molecular formula is C18H26N4O3S. The summed E-state index contributed by atoms with van der Waals surface area (Å²) in [5, 5.41) is 1.09. The van der Waals surface area contributed by atoms with Gasteiger partial charge in [-0.3, -0.25) is 4.79 Å². The number of H-pyrrole nitrogens is 1. The van der Waals surface area contributed by atoms with Crippen LogP contribution < -0.4 is 0 Å². The number of aromatic nitrogens is 1. The molecule has 0 bridgehead atoms. The molecule has 0 atom stereocenters. The fraction of sp³-hybridized carbons (Fsp3) is 0.500. The summed E-state index contributed by atoms with van der Waals surface area (Å²) >= 11 is 0. The number of rotatable bonds is 6. The van der Waals surface area contributed by atoms with Crippen LogP contribution in [0.4, 0.5) is 0 Å². The highest BCUT2D eigenvalue weighted by Gasteiger charge is 2.25. The van der Waals surface area contributed by atoms with Crippen LogP contribution >= 0.6 is 0 Å². The maximum absolute atomic E-state index is 12.5. The number of sulfonamides is 1. The van der Waals surface area contributed by atoms with E-state index in [1.54, 1.807) is 4.90 Å². The molecule has 0 aliphatic carbocycles. The molecule has 0 unspecified atom stereocenters. The van der Waals surface area contributed by atoms with Gasteiger partial charge in [0.2, 0.25) is 15.9 Å². The lowest BCUT2D eigenvalue weighted by molar-refractivity contribution is -0.132. The quantitative estimate of drug-likeness (QED) is 0.805. The minimum Gasteiger partial charge on any atom is -0.361 e. The third-order valence-electron chi connectivity index (χ3n) is 4.94. The number of carbonyl (C=O) groups excluding carboxylic acids is 1. The highest BCUT2D eigenvalue weighted by molar-refractivity contribution is 7.88. The van der Waals surface area contributed by atoms with Gasteiger partial charge in [0.1, 0.15) is 0 Å². The van der Waals surface area contributed by atoms with Crippen molar-refractivity contribution in [3.63, 3.8) is 0 Å². The molecule has 7 nitrogen and oxygen atoms in total. The minimum absolute atomic E-state index is 0.0924. The summed E-state index contributed by atoms with van der Waals surface area (Å²) in [5.41, 5.74) is 2.09. The second-order valence-corrected chi connectivity index (χ2v) is 8.87. The number of nitrogens with one attached hydrogen (secondary N) is 1. The van der Waals surface area contributed by atoms with Crippen molar-refractivity contribution in [1.29, 1.82) is 0 Å². The Morgan fingerprint density at radius 2 is 1.88 bits per heavy atom. The monoisotopic (exact) mass is 378 g/mol. The average molecular weight is 378 g/mol. The summed E-state index contributed by atoms with van der Waals surface area (Å²) in [6, 6.07) is 7.93. The summed E-state index contributed by atoms with van der Waals surface area (Å²) in [5.74, 6) is -0.123. The second kappa shape index (κ2) is 7.77. The van der Waals surface area contributed by atoms with Gasteiger partial charge < -0.3 is 14.8 Å². The number of hydrogen-bond donors (Lipinski definition) is 1. The number of nitrogens with zero attached hydrogens (tertiary/aromatic N) is 3. The average Bonchev–Trinajstić information content (AvgIpc) is 3.01. The Kier molecular flexibility index (Phi) is 5.64. The van der Waals surface area contributed by atoms with Crippen molar-refractivity contribution in [2.45, 2.75) is 6.42 Å².